The van der Waals surface area contributed by atoms with Gasteiger partial charge in [-0.1, -0.05) is 18.5 Å². The molecule has 0 aliphatic carbocycles. The molecule has 100 valence electrons. The Balaban J connectivity index is 2.69. The third-order valence-corrected chi connectivity index (χ3v) is 2.70. The van der Waals surface area contributed by atoms with Crippen LogP contribution in [0.4, 0.5) is 0 Å². The van der Waals surface area contributed by atoms with Gasteiger partial charge in [-0.2, -0.15) is 0 Å². The largest absolute Gasteiger partial charge is 0.481 e. The molecule has 0 heterocycles. The van der Waals surface area contributed by atoms with Gasteiger partial charge in [-0.15, -0.1) is 0 Å². The summed E-state index contributed by atoms with van der Waals surface area (Å²) in [6, 6.07) is 5.19. The van der Waals surface area contributed by atoms with Gasteiger partial charge in [0.2, 0.25) is 0 Å². The van der Waals surface area contributed by atoms with Gasteiger partial charge < -0.3 is 15.8 Å². The lowest BCUT2D eigenvalue weighted by atomic mass is 10.2. The zero-order valence-electron chi connectivity index (χ0n) is 10.7. The zero-order chi connectivity index (χ0) is 13.5. The highest BCUT2D eigenvalue weighted by Crippen LogP contribution is 2.23. The van der Waals surface area contributed by atoms with Crippen LogP contribution in [0.25, 0.3) is 0 Å². The summed E-state index contributed by atoms with van der Waals surface area (Å²) < 4.78 is 5.60. The van der Waals surface area contributed by atoms with E-state index in [4.69, 9.17) is 22.1 Å². The van der Waals surface area contributed by atoms with Crippen molar-refractivity contribution < 1.29 is 9.53 Å². The summed E-state index contributed by atoms with van der Waals surface area (Å²) in [6.45, 7) is 4.67. The van der Waals surface area contributed by atoms with E-state index in [2.05, 4.69) is 5.32 Å². The van der Waals surface area contributed by atoms with Crippen LogP contribution in [0.2, 0.25) is 5.02 Å². The summed E-state index contributed by atoms with van der Waals surface area (Å²) in [7, 11) is 0. The Kier molecular flexibility index (Phi) is 5.95. The standard InChI is InChI=1S/C13H19ClN2O2/c1-3-6-16-13(17)9(2)18-12-5-4-11(14)7-10(12)8-15/h4-5,7,9H,3,6,8,15H2,1-2H3,(H,16,17). The molecule has 1 aromatic carbocycles. The van der Waals surface area contributed by atoms with Crippen LogP contribution < -0.4 is 15.8 Å². The number of hydrogen-bond donors (Lipinski definition) is 2. The number of carbonyl (C=O) groups is 1. The van der Waals surface area contributed by atoms with Gasteiger partial charge in [-0.25, -0.2) is 0 Å². The molecular weight excluding hydrogens is 252 g/mol. The van der Waals surface area contributed by atoms with Crippen molar-refractivity contribution in [2.24, 2.45) is 5.73 Å². The van der Waals surface area contributed by atoms with Crippen molar-refractivity contribution in [1.29, 1.82) is 0 Å². The first-order valence-corrected chi connectivity index (χ1v) is 6.39. The SMILES string of the molecule is CCCNC(=O)C(C)Oc1ccc(Cl)cc1CN. The number of halogens is 1. The number of hydrogen-bond acceptors (Lipinski definition) is 3. The second-order valence-electron chi connectivity index (χ2n) is 4.01. The molecule has 1 unspecified atom stereocenters. The fraction of sp³-hybridized carbons (Fsp3) is 0.462. The predicted octanol–water partition coefficient (Wildman–Crippen LogP) is 2.09. The lowest BCUT2D eigenvalue weighted by Gasteiger charge is -2.16. The van der Waals surface area contributed by atoms with Crippen LogP contribution in [0, 0.1) is 0 Å². The van der Waals surface area contributed by atoms with Crippen LogP contribution in [-0.2, 0) is 11.3 Å². The summed E-state index contributed by atoms with van der Waals surface area (Å²) >= 11 is 5.87. The first-order valence-electron chi connectivity index (χ1n) is 6.01. The van der Waals surface area contributed by atoms with Gasteiger partial charge in [0.05, 0.1) is 0 Å². The van der Waals surface area contributed by atoms with Crippen molar-refractivity contribution in [2.75, 3.05) is 6.54 Å². The summed E-state index contributed by atoms with van der Waals surface area (Å²) in [5.74, 6) is 0.468. The Labute approximate surface area is 112 Å². The molecule has 0 fully saturated rings. The summed E-state index contributed by atoms with van der Waals surface area (Å²) in [6.07, 6.45) is 0.344. The minimum atomic E-state index is -0.553. The van der Waals surface area contributed by atoms with E-state index in [0.29, 0.717) is 23.9 Å². The molecule has 18 heavy (non-hydrogen) atoms. The average Bonchev–Trinajstić information content (AvgIpc) is 2.37. The number of carbonyl (C=O) groups excluding carboxylic acids is 1. The van der Waals surface area contributed by atoms with Crippen LogP contribution in [0.5, 0.6) is 5.75 Å². The molecule has 5 heteroatoms. The quantitative estimate of drug-likeness (QED) is 0.832. The topological polar surface area (TPSA) is 64.3 Å². The highest BCUT2D eigenvalue weighted by Gasteiger charge is 2.15. The molecule has 0 aliphatic rings. The molecule has 0 bridgehead atoms. The number of amides is 1. The molecule has 1 aromatic rings. The van der Waals surface area contributed by atoms with Gasteiger partial charge >= 0.3 is 0 Å². The lowest BCUT2D eigenvalue weighted by Crippen LogP contribution is -2.36. The van der Waals surface area contributed by atoms with Gasteiger partial charge in [0.15, 0.2) is 6.10 Å². The number of rotatable bonds is 6. The van der Waals surface area contributed by atoms with Crippen molar-refractivity contribution in [3.8, 4) is 5.75 Å². The molecule has 1 rings (SSSR count). The van der Waals surface area contributed by atoms with Crippen LogP contribution >= 0.6 is 11.6 Å². The van der Waals surface area contributed by atoms with Crippen LogP contribution in [0.15, 0.2) is 18.2 Å². The number of nitrogens with one attached hydrogen (secondary N) is 1. The Morgan fingerprint density at radius 1 is 1.56 bits per heavy atom. The van der Waals surface area contributed by atoms with Gasteiger partial charge in [-0.05, 0) is 31.5 Å². The number of nitrogens with two attached hydrogens (primary N) is 1. The van der Waals surface area contributed by atoms with E-state index >= 15 is 0 Å². The van der Waals surface area contributed by atoms with E-state index in [0.717, 1.165) is 12.0 Å². The van der Waals surface area contributed by atoms with Gasteiger partial charge in [0.1, 0.15) is 5.75 Å². The van der Waals surface area contributed by atoms with Crippen molar-refractivity contribution >= 4 is 17.5 Å². The Hall–Kier alpha value is -1.26. The molecule has 1 atom stereocenters. The number of ether oxygens (including phenoxy) is 1. The first-order chi connectivity index (χ1) is 8.58. The summed E-state index contributed by atoms with van der Waals surface area (Å²) in [5.41, 5.74) is 6.40. The van der Waals surface area contributed by atoms with Crippen molar-refractivity contribution in [3.05, 3.63) is 28.8 Å². The van der Waals surface area contributed by atoms with Crippen LogP contribution in [0.1, 0.15) is 25.8 Å². The van der Waals surface area contributed by atoms with E-state index in [1.807, 2.05) is 6.92 Å². The third-order valence-electron chi connectivity index (χ3n) is 2.46. The maximum Gasteiger partial charge on any atom is 0.260 e. The zero-order valence-corrected chi connectivity index (χ0v) is 11.5. The minimum Gasteiger partial charge on any atom is -0.481 e. The van der Waals surface area contributed by atoms with Gasteiger partial charge in [-0.3, -0.25) is 4.79 Å². The Morgan fingerprint density at radius 3 is 2.89 bits per heavy atom. The van der Waals surface area contributed by atoms with Crippen molar-refractivity contribution in [2.45, 2.75) is 32.9 Å². The van der Waals surface area contributed by atoms with Gasteiger partial charge in [0, 0.05) is 23.7 Å². The number of benzene rings is 1. The molecular formula is C13H19ClN2O2. The first kappa shape index (κ1) is 14.8. The van der Waals surface area contributed by atoms with E-state index in [9.17, 15) is 4.79 Å². The van der Waals surface area contributed by atoms with E-state index in [1.54, 1.807) is 25.1 Å². The van der Waals surface area contributed by atoms with Crippen LogP contribution in [0.3, 0.4) is 0 Å². The molecule has 3 N–H and O–H groups in total. The van der Waals surface area contributed by atoms with Crippen molar-refractivity contribution in [3.63, 3.8) is 0 Å². The molecule has 0 radical (unpaired) electrons. The summed E-state index contributed by atoms with van der Waals surface area (Å²) in [4.78, 5) is 11.7. The average molecular weight is 271 g/mol. The summed E-state index contributed by atoms with van der Waals surface area (Å²) in [5, 5.41) is 3.38. The minimum absolute atomic E-state index is 0.130. The second-order valence-corrected chi connectivity index (χ2v) is 4.44. The Bertz CT molecular complexity index is 410. The normalized spacial score (nSPS) is 12.0. The lowest BCUT2D eigenvalue weighted by molar-refractivity contribution is -0.127. The maximum atomic E-state index is 11.7. The Morgan fingerprint density at radius 2 is 2.28 bits per heavy atom. The highest BCUT2D eigenvalue weighted by atomic mass is 35.5. The molecule has 0 aromatic heterocycles. The van der Waals surface area contributed by atoms with Gasteiger partial charge in [0.25, 0.3) is 5.91 Å². The molecule has 1 amide bonds. The molecule has 0 spiro atoms. The smallest absolute Gasteiger partial charge is 0.260 e. The second kappa shape index (κ2) is 7.24. The van der Waals surface area contributed by atoms with E-state index in [1.165, 1.54) is 0 Å². The molecule has 0 saturated carbocycles. The molecule has 0 aliphatic heterocycles. The van der Waals surface area contributed by atoms with Crippen LogP contribution in [-0.4, -0.2) is 18.6 Å². The monoisotopic (exact) mass is 270 g/mol. The highest BCUT2D eigenvalue weighted by molar-refractivity contribution is 6.30. The maximum absolute atomic E-state index is 11.7. The van der Waals surface area contributed by atoms with Crippen molar-refractivity contribution in [1.82, 2.24) is 5.32 Å². The third kappa shape index (κ3) is 4.20. The molecule has 4 nitrogen and oxygen atoms in total. The predicted molar refractivity (Wildman–Crippen MR) is 72.7 cm³/mol. The molecule has 0 saturated heterocycles. The van der Waals surface area contributed by atoms with E-state index in [-0.39, 0.29) is 5.91 Å². The fourth-order valence-corrected chi connectivity index (χ4v) is 1.65. The van der Waals surface area contributed by atoms with E-state index < -0.39 is 6.10 Å². The fourth-order valence-electron chi connectivity index (χ4n) is 1.46.